The molecule has 0 aromatic carbocycles. The Balaban J connectivity index is 0.000000807. The van der Waals surface area contributed by atoms with Crippen LogP contribution in [0.4, 0.5) is 21.7 Å². The van der Waals surface area contributed by atoms with Gasteiger partial charge in [0.05, 0.1) is 23.3 Å². The molecule has 6 heterocycles. The number of hydrogen-bond donors (Lipinski definition) is 1. The van der Waals surface area contributed by atoms with E-state index in [1.807, 2.05) is 49.2 Å². The Morgan fingerprint density at radius 2 is 1.72 bits per heavy atom. The number of halogens is 1. The maximum atomic E-state index is 16.3. The van der Waals surface area contributed by atoms with Crippen LogP contribution in [-0.2, 0) is 9.59 Å². The van der Waals surface area contributed by atoms with Gasteiger partial charge in [-0.3, -0.25) is 14.6 Å². The smallest absolute Gasteiger partial charge is 0.236 e. The third-order valence-corrected chi connectivity index (χ3v) is 8.01. The molecule has 0 spiro atoms. The van der Waals surface area contributed by atoms with E-state index in [9.17, 15) is 9.59 Å². The summed E-state index contributed by atoms with van der Waals surface area (Å²) in [5.74, 6) is -0.436. The number of fused-ring (bicyclic) bond motifs is 1. The summed E-state index contributed by atoms with van der Waals surface area (Å²) >= 11 is 0. The Morgan fingerprint density at radius 3 is 2.40 bits per heavy atom. The van der Waals surface area contributed by atoms with Crippen molar-refractivity contribution in [1.29, 1.82) is 10.5 Å². The highest BCUT2D eigenvalue weighted by molar-refractivity contribution is 5.90. The quantitative estimate of drug-likeness (QED) is 0.307. The van der Waals surface area contributed by atoms with E-state index in [0.29, 0.717) is 50.7 Å². The average Bonchev–Trinajstić information content (AvgIpc) is 3.50. The van der Waals surface area contributed by atoms with Crippen LogP contribution in [-0.4, -0.2) is 86.5 Å². The molecule has 4 aromatic rings. The minimum Gasteiger partial charge on any atom is -0.368 e. The number of aromatic nitrogens is 5. The van der Waals surface area contributed by atoms with Crippen molar-refractivity contribution < 1.29 is 14.0 Å². The van der Waals surface area contributed by atoms with E-state index in [2.05, 4.69) is 37.4 Å². The first kappa shape index (κ1) is 32.8. The standard InChI is InChI=1S/C30H33FN10O.C3H3NO/c1-20-16-23(17-21(2)34-20)38-12-14-39(15-13-38)30-27(31)29(35-22-6-5-10-40(19-22)26(42)8-9-32)36-28(37-30)24-18-33-41-11-4-3-7-25(24)41;1-3(5)2-4/h3-4,7,11,16-18,22H,5-6,8,10,12-15,19H2,1-2H3,(H,35,36,37);1H3/t22-;/m1./s1. The first-order valence-electron chi connectivity index (χ1n) is 15.4. The molecule has 1 N–H and O–H groups in total. The van der Waals surface area contributed by atoms with Crippen molar-refractivity contribution in [2.24, 2.45) is 0 Å². The number of Topliss-reactive ketones (excluding diaryl/α,β-unsaturated/α-hetero) is 1. The van der Waals surface area contributed by atoms with E-state index in [1.165, 1.54) is 13.0 Å². The number of nitrogens with one attached hydrogen (secondary N) is 1. The van der Waals surface area contributed by atoms with Crippen molar-refractivity contribution >= 4 is 34.5 Å². The van der Waals surface area contributed by atoms with Gasteiger partial charge in [0.1, 0.15) is 12.5 Å². The molecular weight excluding hydrogens is 601 g/mol. The van der Waals surface area contributed by atoms with Gasteiger partial charge in [-0.1, -0.05) is 6.07 Å². The number of amides is 1. The molecule has 0 unspecified atom stereocenters. The lowest BCUT2D eigenvalue weighted by Crippen LogP contribution is -2.47. The maximum Gasteiger partial charge on any atom is 0.236 e. The fourth-order valence-electron chi connectivity index (χ4n) is 5.83. The first-order chi connectivity index (χ1) is 22.7. The number of rotatable bonds is 6. The van der Waals surface area contributed by atoms with E-state index < -0.39 is 11.6 Å². The molecular formula is C33H36FN11O2. The van der Waals surface area contributed by atoms with Crippen molar-refractivity contribution in [1.82, 2.24) is 29.5 Å². The Bertz CT molecular complexity index is 1830. The Hall–Kier alpha value is -5.63. The summed E-state index contributed by atoms with van der Waals surface area (Å²) < 4.78 is 18.0. The fourth-order valence-corrected chi connectivity index (χ4v) is 5.83. The molecule has 0 bridgehead atoms. The van der Waals surface area contributed by atoms with Crippen LogP contribution in [0, 0.1) is 42.3 Å². The van der Waals surface area contributed by atoms with Gasteiger partial charge in [-0.15, -0.1) is 0 Å². The lowest BCUT2D eigenvalue weighted by Gasteiger charge is -2.37. The highest BCUT2D eigenvalue weighted by Crippen LogP contribution is 2.31. The van der Waals surface area contributed by atoms with Gasteiger partial charge in [-0.2, -0.15) is 20.0 Å². The summed E-state index contributed by atoms with van der Waals surface area (Å²) in [5.41, 5.74) is 4.58. The SMILES string of the molecule is CC(=O)C#N.Cc1cc(N2CCN(c3nc(-c4cnn5ccccc45)nc(N[C@@H]4CCCN(C(=O)CC#N)C4)c3F)CC2)cc(C)n1. The zero-order valence-electron chi connectivity index (χ0n) is 26.6. The van der Waals surface area contributed by atoms with Crippen molar-refractivity contribution in [3.63, 3.8) is 0 Å². The molecule has 2 aliphatic rings. The van der Waals surface area contributed by atoms with E-state index in [-0.39, 0.29) is 30.0 Å². The highest BCUT2D eigenvalue weighted by atomic mass is 19.1. The molecule has 4 aromatic heterocycles. The number of pyridine rings is 2. The molecule has 1 amide bonds. The number of nitriles is 2. The second-order valence-corrected chi connectivity index (χ2v) is 11.5. The molecule has 0 aliphatic carbocycles. The van der Waals surface area contributed by atoms with Crippen molar-refractivity contribution in [2.45, 2.75) is 46.1 Å². The number of ketones is 1. The number of aryl methyl sites for hydroxylation is 2. The number of anilines is 3. The zero-order chi connectivity index (χ0) is 33.5. The van der Waals surface area contributed by atoms with Gasteiger partial charge < -0.3 is 20.0 Å². The first-order valence-corrected chi connectivity index (χ1v) is 15.4. The number of hydrogen-bond acceptors (Lipinski definition) is 11. The van der Waals surface area contributed by atoms with Crippen LogP contribution >= 0.6 is 0 Å². The number of carbonyl (C=O) groups excluding carboxylic acids is 2. The maximum absolute atomic E-state index is 16.3. The summed E-state index contributed by atoms with van der Waals surface area (Å²) in [6.07, 6.45) is 4.89. The number of piperazine rings is 1. The van der Waals surface area contributed by atoms with Gasteiger partial charge in [0.2, 0.25) is 17.5 Å². The Kier molecular flexibility index (Phi) is 10.2. The fraction of sp³-hybridized carbons (Fsp3) is 0.394. The van der Waals surface area contributed by atoms with Gasteiger partial charge in [0.15, 0.2) is 17.5 Å². The summed E-state index contributed by atoms with van der Waals surface area (Å²) in [6.45, 7) is 8.76. The van der Waals surface area contributed by atoms with Crippen LogP contribution < -0.4 is 15.1 Å². The van der Waals surface area contributed by atoms with E-state index >= 15 is 4.39 Å². The highest BCUT2D eigenvalue weighted by Gasteiger charge is 2.29. The summed E-state index contributed by atoms with van der Waals surface area (Å²) in [6, 6.07) is 13.0. The van der Waals surface area contributed by atoms with E-state index in [1.54, 1.807) is 15.6 Å². The molecule has 2 saturated heterocycles. The second kappa shape index (κ2) is 14.6. The number of nitrogens with zero attached hydrogens (tertiary/aromatic N) is 10. The predicted molar refractivity (Wildman–Crippen MR) is 174 cm³/mol. The molecule has 0 saturated carbocycles. The van der Waals surface area contributed by atoms with E-state index in [0.717, 1.165) is 35.4 Å². The number of likely N-dealkylation sites (tertiary alicyclic amines) is 1. The summed E-state index contributed by atoms with van der Waals surface area (Å²) in [4.78, 5) is 41.6. The molecule has 14 heteroatoms. The predicted octanol–water partition coefficient (Wildman–Crippen LogP) is 3.68. The van der Waals surface area contributed by atoms with Gasteiger partial charge in [0, 0.05) is 75.5 Å². The number of piperidine rings is 1. The van der Waals surface area contributed by atoms with Crippen molar-refractivity contribution in [3.05, 3.63) is 59.9 Å². The molecule has 0 radical (unpaired) electrons. The topological polar surface area (TPSA) is 159 Å². The van der Waals surface area contributed by atoms with Crippen LogP contribution in [0.15, 0.2) is 42.7 Å². The third-order valence-electron chi connectivity index (χ3n) is 8.01. The van der Waals surface area contributed by atoms with Crippen molar-refractivity contribution in [3.8, 4) is 23.5 Å². The van der Waals surface area contributed by atoms with Crippen LogP contribution in [0.5, 0.6) is 0 Å². The molecule has 47 heavy (non-hydrogen) atoms. The van der Waals surface area contributed by atoms with Gasteiger partial charge in [-0.05, 0) is 51.0 Å². The van der Waals surface area contributed by atoms with Crippen LogP contribution in [0.3, 0.4) is 0 Å². The Labute approximate surface area is 272 Å². The number of carbonyl (C=O) groups is 2. The minimum atomic E-state index is -0.514. The van der Waals surface area contributed by atoms with Crippen LogP contribution in [0.2, 0.25) is 0 Å². The second-order valence-electron chi connectivity index (χ2n) is 11.5. The van der Waals surface area contributed by atoms with Gasteiger partial charge >= 0.3 is 0 Å². The average molecular weight is 638 g/mol. The molecule has 2 fully saturated rings. The third kappa shape index (κ3) is 7.79. The molecule has 13 nitrogen and oxygen atoms in total. The van der Waals surface area contributed by atoms with Gasteiger partial charge in [-0.25, -0.2) is 14.5 Å². The minimum absolute atomic E-state index is 0.104. The summed E-state index contributed by atoms with van der Waals surface area (Å²) in [5, 5.41) is 24.2. The lowest BCUT2D eigenvalue weighted by molar-refractivity contribution is -0.131. The van der Waals surface area contributed by atoms with Gasteiger partial charge in [0.25, 0.3) is 0 Å². The molecule has 2 aliphatic heterocycles. The van der Waals surface area contributed by atoms with Crippen LogP contribution in [0.1, 0.15) is 37.6 Å². The van der Waals surface area contributed by atoms with Crippen molar-refractivity contribution in [2.75, 3.05) is 54.4 Å². The van der Waals surface area contributed by atoms with E-state index in [4.69, 9.17) is 15.5 Å². The lowest BCUT2D eigenvalue weighted by atomic mass is 10.1. The normalized spacial score (nSPS) is 16.1. The molecule has 1 atom stereocenters. The largest absolute Gasteiger partial charge is 0.368 e. The zero-order valence-corrected chi connectivity index (χ0v) is 26.6. The summed E-state index contributed by atoms with van der Waals surface area (Å²) in [7, 11) is 0. The van der Waals surface area contributed by atoms with Crippen LogP contribution in [0.25, 0.3) is 16.9 Å². The monoisotopic (exact) mass is 637 g/mol. The molecule has 6 rings (SSSR count). The molecule has 242 valence electrons. The Morgan fingerprint density at radius 1 is 1.02 bits per heavy atom.